The third kappa shape index (κ3) is 5.17. The fourth-order valence-corrected chi connectivity index (χ4v) is 7.96. The lowest BCUT2D eigenvalue weighted by atomic mass is 9.92. The summed E-state index contributed by atoms with van der Waals surface area (Å²) < 4.78 is 6.81. The number of hydrogen-bond donors (Lipinski definition) is 0. The van der Waals surface area contributed by atoms with Crippen LogP contribution in [0.25, 0.3) is 111 Å². The first-order valence-corrected chi connectivity index (χ1v) is 18.4. The second kappa shape index (κ2) is 12.6. The average Bonchev–Trinajstić information content (AvgIpc) is 3.66. The fourth-order valence-electron chi connectivity index (χ4n) is 7.96. The van der Waals surface area contributed by atoms with Crippen molar-refractivity contribution in [3.63, 3.8) is 0 Å². The van der Waals surface area contributed by atoms with Crippen molar-refractivity contribution in [2.75, 3.05) is 0 Å². The Hall–Kier alpha value is -7.50. The highest BCUT2D eigenvalue weighted by Crippen LogP contribution is 2.45. The number of aromatic nitrogens is 4. The number of para-hydroxylation sites is 1. The Kier molecular flexibility index (Phi) is 7.10. The molecule has 0 radical (unpaired) electrons. The molecule has 0 saturated carbocycles. The van der Waals surface area contributed by atoms with E-state index in [1.807, 2.05) is 72.8 Å². The van der Waals surface area contributed by atoms with E-state index >= 15 is 0 Å². The summed E-state index contributed by atoms with van der Waals surface area (Å²) in [7, 11) is 0. The molecule has 3 aromatic heterocycles. The minimum Gasteiger partial charge on any atom is -0.454 e. The van der Waals surface area contributed by atoms with Gasteiger partial charge in [-0.15, -0.1) is 0 Å². The van der Waals surface area contributed by atoms with Gasteiger partial charge >= 0.3 is 0 Å². The molecule has 0 aliphatic rings. The van der Waals surface area contributed by atoms with Crippen molar-refractivity contribution in [3.05, 3.63) is 182 Å². The van der Waals surface area contributed by atoms with Crippen LogP contribution in [-0.2, 0) is 0 Å². The normalized spacial score (nSPS) is 11.6. The molecule has 55 heavy (non-hydrogen) atoms. The van der Waals surface area contributed by atoms with Crippen LogP contribution < -0.4 is 0 Å². The number of benzene rings is 8. The number of rotatable bonds is 5. The van der Waals surface area contributed by atoms with E-state index in [4.69, 9.17) is 24.4 Å². The quantitative estimate of drug-likeness (QED) is 0.167. The standard InChI is InChI=1S/C50H30N4O/c1-3-15-31(16-4-1)48-52-49(32-17-5-2-6-18-32)54-50(53-48)35-21-13-20-33(29-35)37-26-14-27-42-44(37)45-40-25-11-12-28-43(40)55-47(45)46(51-42)41-30-34-19-7-8-22-36(34)38-23-9-10-24-39(38)41/h1-30H. The van der Waals surface area contributed by atoms with Crippen molar-refractivity contribution < 1.29 is 4.42 Å². The van der Waals surface area contributed by atoms with E-state index in [0.29, 0.717) is 17.5 Å². The van der Waals surface area contributed by atoms with E-state index in [1.54, 1.807) is 0 Å². The van der Waals surface area contributed by atoms with Crippen LogP contribution in [-0.4, -0.2) is 19.9 Å². The third-order valence-electron chi connectivity index (χ3n) is 10.5. The van der Waals surface area contributed by atoms with Crippen molar-refractivity contribution in [1.29, 1.82) is 0 Å². The van der Waals surface area contributed by atoms with Crippen LogP contribution in [0.3, 0.4) is 0 Å². The zero-order chi connectivity index (χ0) is 36.3. The Balaban J connectivity index is 1.15. The first-order chi connectivity index (χ1) is 27.3. The van der Waals surface area contributed by atoms with Gasteiger partial charge in [-0.3, -0.25) is 0 Å². The molecular weight excluding hydrogens is 673 g/mol. The van der Waals surface area contributed by atoms with Crippen molar-refractivity contribution in [3.8, 4) is 56.5 Å². The van der Waals surface area contributed by atoms with Crippen LogP contribution in [0.1, 0.15) is 0 Å². The molecule has 0 aliphatic heterocycles. The molecule has 11 rings (SSSR count). The molecule has 0 aliphatic carbocycles. The molecule has 0 spiro atoms. The van der Waals surface area contributed by atoms with Crippen LogP contribution in [0.15, 0.2) is 186 Å². The average molecular weight is 703 g/mol. The largest absolute Gasteiger partial charge is 0.454 e. The molecule has 5 heteroatoms. The highest BCUT2D eigenvalue weighted by Gasteiger charge is 2.22. The number of furan rings is 1. The molecule has 0 fully saturated rings. The predicted molar refractivity (Wildman–Crippen MR) is 225 cm³/mol. The smallest absolute Gasteiger partial charge is 0.164 e. The molecule has 0 unspecified atom stereocenters. The Bertz CT molecular complexity index is 3210. The van der Waals surface area contributed by atoms with E-state index in [9.17, 15) is 0 Å². The fraction of sp³-hybridized carbons (Fsp3) is 0. The van der Waals surface area contributed by atoms with Crippen molar-refractivity contribution in [2.45, 2.75) is 0 Å². The highest BCUT2D eigenvalue weighted by atomic mass is 16.3. The summed E-state index contributed by atoms with van der Waals surface area (Å²) in [5.41, 5.74) is 9.22. The first-order valence-electron chi connectivity index (χ1n) is 18.4. The summed E-state index contributed by atoms with van der Waals surface area (Å²) in [6.07, 6.45) is 0. The van der Waals surface area contributed by atoms with E-state index in [0.717, 1.165) is 82.7 Å². The minimum atomic E-state index is 0.609. The van der Waals surface area contributed by atoms with Gasteiger partial charge in [-0.05, 0) is 56.9 Å². The van der Waals surface area contributed by atoms with Crippen LogP contribution in [0.4, 0.5) is 0 Å². The van der Waals surface area contributed by atoms with Crippen molar-refractivity contribution in [1.82, 2.24) is 19.9 Å². The molecule has 0 N–H and O–H groups in total. The van der Waals surface area contributed by atoms with Gasteiger partial charge in [-0.25, -0.2) is 19.9 Å². The van der Waals surface area contributed by atoms with Crippen LogP contribution in [0.5, 0.6) is 0 Å². The lowest BCUT2D eigenvalue weighted by Gasteiger charge is -2.14. The second-order valence-corrected chi connectivity index (χ2v) is 13.8. The van der Waals surface area contributed by atoms with Gasteiger partial charge in [0.15, 0.2) is 23.1 Å². The Labute approximate surface area is 316 Å². The maximum absolute atomic E-state index is 6.81. The SMILES string of the molecule is c1ccc(-c2nc(-c3ccccc3)nc(-c3cccc(-c4cccc5nc(-c6cc7ccccc7c7ccccc67)c6oc7ccccc7c6c45)c3)n2)cc1. The molecule has 0 saturated heterocycles. The second-order valence-electron chi connectivity index (χ2n) is 13.8. The third-order valence-corrected chi connectivity index (χ3v) is 10.5. The molecule has 0 bridgehead atoms. The Morgan fingerprint density at radius 3 is 1.65 bits per heavy atom. The molecule has 0 amide bonds. The van der Waals surface area contributed by atoms with Gasteiger partial charge in [0.2, 0.25) is 0 Å². The number of hydrogen-bond acceptors (Lipinski definition) is 5. The summed E-state index contributed by atoms with van der Waals surface area (Å²) in [5, 5.41) is 7.85. The zero-order valence-corrected chi connectivity index (χ0v) is 29.5. The molecule has 8 aromatic carbocycles. The number of nitrogens with zero attached hydrogens (tertiary/aromatic N) is 4. The van der Waals surface area contributed by atoms with Crippen LogP contribution in [0, 0.1) is 0 Å². The van der Waals surface area contributed by atoms with Crippen LogP contribution >= 0.6 is 0 Å². The zero-order valence-electron chi connectivity index (χ0n) is 29.5. The summed E-state index contributed by atoms with van der Waals surface area (Å²) in [6.45, 7) is 0. The van der Waals surface area contributed by atoms with Gasteiger partial charge in [0, 0.05) is 38.4 Å². The van der Waals surface area contributed by atoms with E-state index < -0.39 is 0 Å². The maximum Gasteiger partial charge on any atom is 0.164 e. The summed E-state index contributed by atoms with van der Waals surface area (Å²) in [5.74, 6) is 1.87. The highest BCUT2D eigenvalue weighted by molar-refractivity contribution is 6.26. The van der Waals surface area contributed by atoms with Gasteiger partial charge in [0.05, 0.1) is 5.52 Å². The number of fused-ring (bicyclic) bond motifs is 8. The van der Waals surface area contributed by atoms with E-state index in [1.165, 1.54) is 10.8 Å². The van der Waals surface area contributed by atoms with Gasteiger partial charge in [0.25, 0.3) is 0 Å². The molecule has 11 aromatic rings. The molecule has 5 nitrogen and oxygen atoms in total. The van der Waals surface area contributed by atoms with E-state index in [2.05, 4.69) is 109 Å². The van der Waals surface area contributed by atoms with Crippen LogP contribution in [0.2, 0.25) is 0 Å². The molecule has 256 valence electrons. The summed E-state index contributed by atoms with van der Waals surface area (Å²) >= 11 is 0. The van der Waals surface area contributed by atoms with Gasteiger partial charge < -0.3 is 4.42 Å². The Morgan fingerprint density at radius 1 is 0.345 bits per heavy atom. The molecule has 3 heterocycles. The molecular formula is C50H30N4O. The van der Waals surface area contributed by atoms with Gasteiger partial charge in [-0.2, -0.15) is 0 Å². The predicted octanol–water partition coefficient (Wildman–Crippen LogP) is 13.0. The molecule has 0 atom stereocenters. The minimum absolute atomic E-state index is 0.609. The lowest BCUT2D eigenvalue weighted by molar-refractivity contribution is 0.669. The first kappa shape index (κ1) is 31.1. The number of pyridine rings is 1. The Morgan fingerprint density at radius 2 is 0.909 bits per heavy atom. The maximum atomic E-state index is 6.81. The topological polar surface area (TPSA) is 64.7 Å². The summed E-state index contributed by atoms with van der Waals surface area (Å²) in [6, 6.07) is 62.7. The lowest BCUT2D eigenvalue weighted by Crippen LogP contribution is -2.00. The van der Waals surface area contributed by atoms with Crippen molar-refractivity contribution >= 4 is 54.4 Å². The van der Waals surface area contributed by atoms with Gasteiger partial charge in [-0.1, -0.05) is 158 Å². The van der Waals surface area contributed by atoms with E-state index in [-0.39, 0.29) is 0 Å². The monoisotopic (exact) mass is 702 g/mol. The summed E-state index contributed by atoms with van der Waals surface area (Å²) in [4.78, 5) is 20.4. The van der Waals surface area contributed by atoms with Gasteiger partial charge in [0.1, 0.15) is 11.3 Å². The van der Waals surface area contributed by atoms with Crippen molar-refractivity contribution in [2.24, 2.45) is 0 Å².